The molecule has 0 bridgehead atoms. The minimum absolute atomic E-state index is 0.0512. The zero-order valence-electron chi connectivity index (χ0n) is 17.1. The minimum Gasteiger partial charge on any atom is -0.347 e. The smallest absolute Gasteiger partial charge is 0.291 e. The van der Waals surface area contributed by atoms with Gasteiger partial charge in [0.05, 0.1) is 5.69 Å². The summed E-state index contributed by atoms with van der Waals surface area (Å²) in [5.74, 6) is 0.579. The molecule has 158 valence electrons. The average Bonchev–Trinajstić information content (AvgIpc) is 3.34. The summed E-state index contributed by atoms with van der Waals surface area (Å²) in [6.45, 7) is 4.27. The van der Waals surface area contributed by atoms with Gasteiger partial charge in [-0.05, 0) is 38.0 Å². The molecule has 10 heteroatoms. The standard InChI is InChI=1S/C20H24FN7O2/c1-13(8-9-28-18(27(3)12-29)10-14(2)26-28)22-20(30)19-23-17(24-25-19)11-15-4-6-16(21)7-5-15/h4-7,10,12-13H,8-9,11H2,1-3H3,(H,22,30)(H,23,24,25). The highest BCUT2D eigenvalue weighted by Gasteiger charge is 2.16. The van der Waals surface area contributed by atoms with Crippen LogP contribution in [0.25, 0.3) is 0 Å². The molecule has 3 aromatic rings. The van der Waals surface area contributed by atoms with Crippen LogP contribution in [0.15, 0.2) is 30.3 Å². The first kappa shape index (κ1) is 21.2. The van der Waals surface area contributed by atoms with Gasteiger partial charge in [0.25, 0.3) is 5.91 Å². The van der Waals surface area contributed by atoms with Crippen molar-refractivity contribution in [3.8, 4) is 0 Å². The van der Waals surface area contributed by atoms with Crippen LogP contribution >= 0.6 is 0 Å². The third-order valence-corrected chi connectivity index (χ3v) is 4.57. The number of nitrogens with zero attached hydrogens (tertiary/aromatic N) is 5. The molecule has 2 aromatic heterocycles. The third-order valence-electron chi connectivity index (χ3n) is 4.57. The van der Waals surface area contributed by atoms with E-state index >= 15 is 0 Å². The van der Waals surface area contributed by atoms with Crippen molar-refractivity contribution in [1.82, 2.24) is 30.3 Å². The average molecular weight is 413 g/mol. The Bertz CT molecular complexity index is 1010. The summed E-state index contributed by atoms with van der Waals surface area (Å²) in [4.78, 5) is 29.1. The molecule has 2 N–H and O–H groups in total. The molecule has 0 aliphatic rings. The largest absolute Gasteiger partial charge is 0.347 e. The lowest BCUT2D eigenvalue weighted by atomic mass is 10.1. The Morgan fingerprint density at radius 3 is 2.80 bits per heavy atom. The van der Waals surface area contributed by atoms with Crippen LogP contribution in [0.4, 0.5) is 10.2 Å². The van der Waals surface area contributed by atoms with Gasteiger partial charge in [-0.15, -0.1) is 5.10 Å². The topological polar surface area (TPSA) is 109 Å². The summed E-state index contributed by atoms with van der Waals surface area (Å²) in [7, 11) is 1.66. The van der Waals surface area contributed by atoms with Crippen molar-refractivity contribution in [2.75, 3.05) is 11.9 Å². The molecule has 1 unspecified atom stereocenters. The van der Waals surface area contributed by atoms with E-state index in [1.54, 1.807) is 23.9 Å². The maximum Gasteiger partial charge on any atom is 0.291 e. The van der Waals surface area contributed by atoms with Gasteiger partial charge >= 0.3 is 0 Å². The zero-order valence-corrected chi connectivity index (χ0v) is 17.1. The molecule has 9 nitrogen and oxygen atoms in total. The number of benzene rings is 1. The van der Waals surface area contributed by atoms with E-state index in [1.807, 2.05) is 19.9 Å². The normalized spacial score (nSPS) is 11.9. The number of aromatic nitrogens is 5. The van der Waals surface area contributed by atoms with Gasteiger partial charge in [0.2, 0.25) is 12.2 Å². The highest BCUT2D eigenvalue weighted by molar-refractivity contribution is 5.90. The SMILES string of the molecule is Cc1cc(N(C)C=O)n(CCC(C)NC(=O)c2n[nH]c(Cc3ccc(F)cc3)n2)n1. The monoisotopic (exact) mass is 413 g/mol. The number of nitrogens with one attached hydrogen (secondary N) is 2. The van der Waals surface area contributed by atoms with Gasteiger partial charge in [-0.25, -0.2) is 14.1 Å². The summed E-state index contributed by atoms with van der Waals surface area (Å²) in [6, 6.07) is 7.74. The second-order valence-corrected chi connectivity index (χ2v) is 7.16. The van der Waals surface area contributed by atoms with Crippen LogP contribution in [0.1, 0.15) is 41.0 Å². The maximum absolute atomic E-state index is 13.0. The predicted octanol–water partition coefficient (Wildman–Crippen LogP) is 1.84. The molecule has 3 rings (SSSR count). The van der Waals surface area contributed by atoms with Crippen LogP contribution < -0.4 is 10.2 Å². The van der Waals surface area contributed by atoms with E-state index < -0.39 is 0 Å². The number of carbonyl (C=O) groups excluding carboxylic acids is 2. The molecule has 2 heterocycles. The maximum atomic E-state index is 13.0. The van der Waals surface area contributed by atoms with Crippen LogP contribution in [0, 0.1) is 12.7 Å². The molecule has 2 amide bonds. The van der Waals surface area contributed by atoms with E-state index in [2.05, 4.69) is 25.6 Å². The van der Waals surface area contributed by atoms with Gasteiger partial charge in [0.1, 0.15) is 17.5 Å². The first-order valence-electron chi connectivity index (χ1n) is 9.55. The molecular weight excluding hydrogens is 389 g/mol. The molecule has 0 aliphatic carbocycles. The second kappa shape index (κ2) is 9.29. The van der Waals surface area contributed by atoms with E-state index in [0.717, 1.165) is 17.7 Å². The molecular formula is C20H24FN7O2. The van der Waals surface area contributed by atoms with Gasteiger partial charge < -0.3 is 10.2 Å². The molecule has 1 aromatic carbocycles. The minimum atomic E-state index is -0.383. The Morgan fingerprint density at radius 2 is 2.10 bits per heavy atom. The van der Waals surface area contributed by atoms with Gasteiger partial charge in [-0.2, -0.15) is 5.10 Å². The van der Waals surface area contributed by atoms with Crippen molar-refractivity contribution < 1.29 is 14.0 Å². The Balaban J connectivity index is 1.54. The quantitative estimate of drug-likeness (QED) is 0.521. The first-order chi connectivity index (χ1) is 14.4. The van der Waals surface area contributed by atoms with Crippen molar-refractivity contribution in [3.63, 3.8) is 0 Å². The molecule has 30 heavy (non-hydrogen) atoms. The fourth-order valence-electron chi connectivity index (χ4n) is 2.98. The van der Waals surface area contributed by atoms with Gasteiger partial charge in [0, 0.05) is 32.1 Å². The van der Waals surface area contributed by atoms with E-state index in [4.69, 9.17) is 0 Å². The lowest BCUT2D eigenvalue weighted by Gasteiger charge is -2.16. The number of rotatable bonds is 9. The number of aryl methyl sites for hydroxylation is 2. The lowest BCUT2D eigenvalue weighted by Crippen LogP contribution is -2.34. The number of carbonyl (C=O) groups is 2. The van der Waals surface area contributed by atoms with E-state index in [9.17, 15) is 14.0 Å². The van der Waals surface area contributed by atoms with Gasteiger partial charge in [-0.3, -0.25) is 14.7 Å². The molecule has 0 fully saturated rings. The summed E-state index contributed by atoms with van der Waals surface area (Å²) < 4.78 is 14.7. The lowest BCUT2D eigenvalue weighted by molar-refractivity contribution is -0.107. The molecule has 1 atom stereocenters. The fraction of sp³-hybridized carbons (Fsp3) is 0.350. The summed E-state index contributed by atoms with van der Waals surface area (Å²) in [5.41, 5.74) is 1.67. The van der Waals surface area contributed by atoms with Crippen molar-refractivity contribution in [1.29, 1.82) is 0 Å². The van der Waals surface area contributed by atoms with Crippen LogP contribution in [0.2, 0.25) is 0 Å². The third kappa shape index (κ3) is 5.28. The van der Waals surface area contributed by atoms with Crippen molar-refractivity contribution >= 4 is 18.1 Å². The van der Waals surface area contributed by atoms with E-state index in [1.165, 1.54) is 17.0 Å². The van der Waals surface area contributed by atoms with Crippen molar-refractivity contribution in [3.05, 3.63) is 59.1 Å². The zero-order chi connectivity index (χ0) is 21.7. The second-order valence-electron chi connectivity index (χ2n) is 7.16. The highest BCUT2D eigenvalue weighted by atomic mass is 19.1. The Kier molecular flexibility index (Phi) is 6.55. The molecule has 0 saturated carbocycles. The highest BCUT2D eigenvalue weighted by Crippen LogP contribution is 2.14. The number of hydrogen-bond donors (Lipinski definition) is 2. The Hall–Kier alpha value is -3.56. The van der Waals surface area contributed by atoms with Crippen molar-refractivity contribution in [2.24, 2.45) is 0 Å². The number of halogens is 1. The van der Waals surface area contributed by atoms with E-state index in [-0.39, 0.29) is 23.6 Å². The molecule has 0 saturated heterocycles. The summed E-state index contributed by atoms with van der Waals surface area (Å²) >= 11 is 0. The van der Waals surface area contributed by atoms with Crippen LogP contribution in [-0.4, -0.2) is 50.4 Å². The number of amides is 2. The number of H-pyrrole nitrogens is 1. The number of hydrogen-bond acceptors (Lipinski definition) is 5. The summed E-state index contributed by atoms with van der Waals surface area (Å²) in [6.07, 6.45) is 1.76. The van der Waals surface area contributed by atoms with Gasteiger partial charge in [0.15, 0.2) is 0 Å². The molecule has 0 spiro atoms. The van der Waals surface area contributed by atoms with Crippen molar-refractivity contribution in [2.45, 2.75) is 39.3 Å². The molecule has 0 radical (unpaired) electrons. The van der Waals surface area contributed by atoms with E-state index in [0.29, 0.717) is 31.0 Å². The molecule has 0 aliphatic heterocycles. The van der Waals surface area contributed by atoms with Gasteiger partial charge in [-0.1, -0.05) is 12.1 Å². The number of aromatic amines is 1. The predicted molar refractivity (Wildman–Crippen MR) is 109 cm³/mol. The first-order valence-corrected chi connectivity index (χ1v) is 9.55. The van der Waals surface area contributed by atoms with Crippen LogP contribution in [0.5, 0.6) is 0 Å². The van der Waals surface area contributed by atoms with Crippen LogP contribution in [0.3, 0.4) is 0 Å². The fourth-order valence-corrected chi connectivity index (χ4v) is 2.98. The number of anilines is 1. The van der Waals surface area contributed by atoms with Crippen LogP contribution in [-0.2, 0) is 17.8 Å². The summed E-state index contributed by atoms with van der Waals surface area (Å²) in [5, 5.41) is 14.0. The Labute approximate surface area is 173 Å². The Morgan fingerprint density at radius 1 is 1.37 bits per heavy atom.